The molecule has 0 bridgehead atoms. The van der Waals surface area contributed by atoms with Gasteiger partial charge in [0.05, 0.1) is 11.1 Å². The molecule has 17 heavy (non-hydrogen) atoms. The minimum Gasteiger partial charge on any atom is -0.368 e. The van der Waals surface area contributed by atoms with Crippen LogP contribution < -0.4 is 16.8 Å². The van der Waals surface area contributed by atoms with Crippen molar-refractivity contribution in [2.75, 3.05) is 18.4 Å². The quantitative estimate of drug-likeness (QED) is 0.720. The Morgan fingerprint density at radius 2 is 2.12 bits per heavy atom. The van der Waals surface area contributed by atoms with Crippen molar-refractivity contribution in [3.8, 4) is 0 Å². The molecule has 0 saturated carbocycles. The molecule has 0 atom stereocenters. The van der Waals surface area contributed by atoms with Gasteiger partial charge in [-0.1, -0.05) is 18.2 Å². The summed E-state index contributed by atoms with van der Waals surface area (Å²) in [6, 6.07) is 9.30. The van der Waals surface area contributed by atoms with Crippen molar-refractivity contribution in [2.45, 2.75) is 0 Å². The highest BCUT2D eigenvalue weighted by molar-refractivity contribution is 6.01. The molecule has 0 unspecified atom stereocenters. The second-order valence-electron chi connectivity index (χ2n) is 3.66. The van der Waals surface area contributed by atoms with Crippen molar-refractivity contribution in [3.05, 3.63) is 35.9 Å². The summed E-state index contributed by atoms with van der Waals surface area (Å²) < 4.78 is 0. The molecule has 88 valence electrons. The fourth-order valence-corrected chi connectivity index (χ4v) is 1.63. The lowest BCUT2D eigenvalue weighted by Gasteiger charge is -2.09. The summed E-state index contributed by atoms with van der Waals surface area (Å²) in [5.41, 5.74) is 11.9. The second-order valence-corrected chi connectivity index (χ2v) is 3.66. The second kappa shape index (κ2) is 4.80. The predicted octanol–water partition coefficient (Wildman–Crippen LogP) is 0.704. The van der Waals surface area contributed by atoms with Gasteiger partial charge in [-0.05, 0) is 12.1 Å². The van der Waals surface area contributed by atoms with Gasteiger partial charge in [0.25, 0.3) is 5.91 Å². The van der Waals surface area contributed by atoms with E-state index in [-0.39, 0.29) is 0 Å². The lowest BCUT2D eigenvalue weighted by atomic mass is 10.1. The summed E-state index contributed by atoms with van der Waals surface area (Å²) >= 11 is 0. The number of fused-ring (bicyclic) bond motifs is 1. The molecule has 0 spiro atoms. The molecule has 5 heteroatoms. The molecule has 0 saturated heterocycles. The standard InChI is InChI=1S/C12H14N4O/c13-5-6-15-12-9(11(14)17)7-8-3-1-2-4-10(8)16-12/h1-4,7H,5-6,13H2,(H2,14,17)(H,15,16). The predicted molar refractivity (Wildman–Crippen MR) is 67.8 cm³/mol. The Bertz CT molecular complexity index is 553. The van der Waals surface area contributed by atoms with Crippen molar-refractivity contribution in [3.63, 3.8) is 0 Å². The van der Waals surface area contributed by atoms with Gasteiger partial charge in [0.1, 0.15) is 5.82 Å². The van der Waals surface area contributed by atoms with E-state index in [2.05, 4.69) is 10.3 Å². The molecule has 0 fully saturated rings. The Morgan fingerprint density at radius 3 is 2.82 bits per heavy atom. The lowest BCUT2D eigenvalue weighted by molar-refractivity contribution is 0.100. The van der Waals surface area contributed by atoms with Crippen LogP contribution in [0, 0.1) is 0 Å². The van der Waals surface area contributed by atoms with Crippen LogP contribution in [0.3, 0.4) is 0 Å². The molecule has 1 aromatic heterocycles. The van der Waals surface area contributed by atoms with E-state index < -0.39 is 5.91 Å². The number of nitrogens with zero attached hydrogens (tertiary/aromatic N) is 1. The van der Waals surface area contributed by atoms with Crippen LogP contribution in [-0.4, -0.2) is 24.0 Å². The third-order valence-corrected chi connectivity index (χ3v) is 2.43. The highest BCUT2D eigenvalue weighted by atomic mass is 16.1. The number of anilines is 1. The number of carbonyl (C=O) groups is 1. The van der Waals surface area contributed by atoms with E-state index >= 15 is 0 Å². The monoisotopic (exact) mass is 230 g/mol. The molecule has 1 amide bonds. The van der Waals surface area contributed by atoms with Gasteiger partial charge in [-0.2, -0.15) is 0 Å². The zero-order chi connectivity index (χ0) is 12.3. The lowest BCUT2D eigenvalue weighted by Crippen LogP contribution is -2.19. The SMILES string of the molecule is NCCNc1nc2ccccc2cc1C(N)=O. The van der Waals surface area contributed by atoms with E-state index in [9.17, 15) is 4.79 Å². The van der Waals surface area contributed by atoms with Crippen molar-refractivity contribution in [1.82, 2.24) is 4.98 Å². The molecular formula is C12H14N4O. The number of hydrogen-bond acceptors (Lipinski definition) is 4. The zero-order valence-corrected chi connectivity index (χ0v) is 9.31. The highest BCUT2D eigenvalue weighted by Gasteiger charge is 2.10. The Kier molecular flexibility index (Phi) is 3.20. The Morgan fingerprint density at radius 1 is 1.35 bits per heavy atom. The van der Waals surface area contributed by atoms with Crippen LogP contribution in [0.1, 0.15) is 10.4 Å². The maximum atomic E-state index is 11.3. The number of rotatable bonds is 4. The summed E-state index contributed by atoms with van der Waals surface area (Å²) in [6.45, 7) is 1.01. The number of amides is 1. The number of primary amides is 1. The van der Waals surface area contributed by atoms with Gasteiger partial charge in [0.2, 0.25) is 0 Å². The maximum Gasteiger partial charge on any atom is 0.252 e. The van der Waals surface area contributed by atoms with E-state index in [4.69, 9.17) is 11.5 Å². The van der Waals surface area contributed by atoms with Crippen LogP contribution >= 0.6 is 0 Å². The fraction of sp³-hybridized carbons (Fsp3) is 0.167. The molecule has 5 N–H and O–H groups in total. The summed E-state index contributed by atoms with van der Waals surface area (Å²) in [5, 5.41) is 3.89. The van der Waals surface area contributed by atoms with Gasteiger partial charge in [0.15, 0.2) is 0 Å². The molecule has 2 aromatic rings. The Balaban J connectivity index is 2.54. The third kappa shape index (κ3) is 2.34. The molecule has 0 radical (unpaired) electrons. The smallest absolute Gasteiger partial charge is 0.252 e. The zero-order valence-electron chi connectivity index (χ0n) is 9.31. The summed E-state index contributed by atoms with van der Waals surface area (Å²) in [5.74, 6) is -0.00979. The van der Waals surface area contributed by atoms with Crippen LogP contribution in [0.15, 0.2) is 30.3 Å². The van der Waals surface area contributed by atoms with Crippen LogP contribution in [-0.2, 0) is 0 Å². The van der Waals surface area contributed by atoms with Crippen LogP contribution in [0.5, 0.6) is 0 Å². The van der Waals surface area contributed by atoms with E-state index in [0.717, 1.165) is 10.9 Å². The first kappa shape index (κ1) is 11.3. The first-order chi connectivity index (χ1) is 8.22. The Labute approximate surface area is 98.8 Å². The number of para-hydroxylation sites is 1. The first-order valence-electron chi connectivity index (χ1n) is 5.36. The van der Waals surface area contributed by atoms with E-state index in [1.165, 1.54) is 0 Å². The van der Waals surface area contributed by atoms with Gasteiger partial charge in [-0.15, -0.1) is 0 Å². The summed E-state index contributed by atoms with van der Waals surface area (Å²) in [7, 11) is 0. The van der Waals surface area contributed by atoms with E-state index in [1.54, 1.807) is 6.07 Å². The van der Waals surface area contributed by atoms with Gasteiger partial charge < -0.3 is 16.8 Å². The van der Waals surface area contributed by atoms with Gasteiger partial charge in [0, 0.05) is 18.5 Å². The minimum atomic E-state index is -0.497. The topological polar surface area (TPSA) is 94.0 Å². The number of hydrogen-bond donors (Lipinski definition) is 3. The summed E-state index contributed by atoms with van der Waals surface area (Å²) in [4.78, 5) is 15.7. The summed E-state index contributed by atoms with van der Waals surface area (Å²) in [6.07, 6.45) is 0. The van der Waals surface area contributed by atoms with Crippen molar-refractivity contribution >= 4 is 22.6 Å². The largest absolute Gasteiger partial charge is 0.368 e. The van der Waals surface area contributed by atoms with Crippen molar-refractivity contribution < 1.29 is 4.79 Å². The first-order valence-corrected chi connectivity index (χ1v) is 5.36. The molecule has 0 aliphatic rings. The fourth-order valence-electron chi connectivity index (χ4n) is 1.63. The molecule has 5 nitrogen and oxygen atoms in total. The van der Waals surface area contributed by atoms with Crippen LogP contribution in [0.25, 0.3) is 10.9 Å². The number of carbonyl (C=O) groups excluding carboxylic acids is 1. The number of nitrogens with two attached hydrogens (primary N) is 2. The number of pyridine rings is 1. The van der Waals surface area contributed by atoms with Gasteiger partial charge in [-0.3, -0.25) is 4.79 Å². The average molecular weight is 230 g/mol. The number of nitrogens with one attached hydrogen (secondary N) is 1. The molecule has 0 aliphatic carbocycles. The minimum absolute atomic E-state index is 0.386. The molecule has 2 rings (SSSR count). The van der Waals surface area contributed by atoms with E-state index in [0.29, 0.717) is 24.5 Å². The van der Waals surface area contributed by atoms with Crippen molar-refractivity contribution in [1.29, 1.82) is 0 Å². The average Bonchev–Trinajstić information content (AvgIpc) is 2.35. The Hall–Kier alpha value is -2.14. The maximum absolute atomic E-state index is 11.3. The van der Waals surface area contributed by atoms with Crippen molar-refractivity contribution in [2.24, 2.45) is 11.5 Å². The normalized spacial score (nSPS) is 10.4. The molecular weight excluding hydrogens is 216 g/mol. The highest BCUT2D eigenvalue weighted by Crippen LogP contribution is 2.19. The molecule has 1 aromatic carbocycles. The molecule has 1 heterocycles. The molecule has 0 aliphatic heterocycles. The van der Waals surface area contributed by atoms with Gasteiger partial charge in [-0.25, -0.2) is 4.98 Å². The number of benzene rings is 1. The third-order valence-electron chi connectivity index (χ3n) is 2.43. The van der Waals surface area contributed by atoms with E-state index in [1.807, 2.05) is 24.3 Å². The number of aromatic nitrogens is 1. The van der Waals surface area contributed by atoms with Crippen LogP contribution in [0.2, 0.25) is 0 Å². The van der Waals surface area contributed by atoms with Crippen LogP contribution in [0.4, 0.5) is 5.82 Å². The van der Waals surface area contributed by atoms with Gasteiger partial charge >= 0.3 is 0 Å².